The molecule has 1 aromatic carbocycles. The van der Waals surface area contributed by atoms with E-state index < -0.39 is 11.9 Å². The second-order valence-corrected chi connectivity index (χ2v) is 3.44. The van der Waals surface area contributed by atoms with Crippen LogP contribution in [0.3, 0.4) is 0 Å². The highest BCUT2D eigenvalue weighted by Gasteiger charge is 2.17. The molecule has 1 rings (SSSR count). The Morgan fingerprint density at radius 1 is 1.25 bits per heavy atom. The molecule has 1 aromatic rings. The monoisotopic (exact) mass is 220 g/mol. The second-order valence-electron chi connectivity index (χ2n) is 3.44. The number of rotatable bonds is 4. The van der Waals surface area contributed by atoms with Crippen molar-refractivity contribution in [3.05, 3.63) is 47.5 Å². The summed E-state index contributed by atoms with van der Waals surface area (Å²) in [6.07, 6.45) is 1.67. The lowest BCUT2D eigenvalue weighted by Gasteiger charge is -2.09. The Hall–Kier alpha value is -2.10. The molecule has 0 aliphatic heterocycles. The Bertz CT molecular complexity index is 448. The fourth-order valence-corrected chi connectivity index (χ4v) is 1.34. The Morgan fingerprint density at radius 2 is 1.81 bits per heavy atom. The molecule has 0 fully saturated rings. The number of aromatic carboxylic acids is 2. The summed E-state index contributed by atoms with van der Waals surface area (Å²) < 4.78 is 0. The van der Waals surface area contributed by atoms with E-state index in [0.29, 0.717) is 0 Å². The van der Waals surface area contributed by atoms with Gasteiger partial charge in [0, 0.05) is 0 Å². The lowest BCUT2D eigenvalue weighted by atomic mass is 9.96. The van der Waals surface area contributed by atoms with Crippen LogP contribution < -0.4 is 0 Å². The molecule has 0 saturated carbocycles. The standard InChI is InChI=1S/C12H12O4/c1-3-7(2)8-4-5-9(11(13)14)10(6-8)12(15)16/h3-7H,1H2,2H3,(H,13,14)(H,15,16). The van der Waals surface area contributed by atoms with Crippen LogP contribution in [0.15, 0.2) is 30.9 Å². The highest BCUT2D eigenvalue weighted by Crippen LogP contribution is 2.20. The highest BCUT2D eigenvalue weighted by atomic mass is 16.4. The first-order chi connectivity index (χ1) is 7.47. The Labute approximate surface area is 92.8 Å². The van der Waals surface area contributed by atoms with Crippen molar-refractivity contribution >= 4 is 11.9 Å². The summed E-state index contributed by atoms with van der Waals surface area (Å²) in [5, 5.41) is 17.7. The summed E-state index contributed by atoms with van der Waals surface area (Å²) in [6.45, 7) is 5.46. The maximum atomic E-state index is 10.9. The average molecular weight is 220 g/mol. The van der Waals surface area contributed by atoms with Crippen LogP contribution in [0.25, 0.3) is 0 Å². The fraction of sp³-hybridized carbons (Fsp3) is 0.167. The predicted octanol–water partition coefficient (Wildman–Crippen LogP) is 2.37. The lowest BCUT2D eigenvalue weighted by molar-refractivity contribution is 0.0651. The lowest BCUT2D eigenvalue weighted by Crippen LogP contribution is -2.09. The summed E-state index contributed by atoms with van der Waals surface area (Å²) in [6, 6.07) is 4.28. The number of carbonyl (C=O) groups is 2. The van der Waals surface area contributed by atoms with E-state index >= 15 is 0 Å². The average Bonchev–Trinajstić information content (AvgIpc) is 2.26. The normalized spacial score (nSPS) is 11.8. The maximum Gasteiger partial charge on any atom is 0.336 e. The van der Waals surface area contributed by atoms with Crippen molar-refractivity contribution in [3.63, 3.8) is 0 Å². The Kier molecular flexibility index (Phi) is 3.45. The molecule has 0 aliphatic rings. The van der Waals surface area contributed by atoms with Gasteiger partial charge in [0.15, 0.2) is 0 Å². The van der Waals surface area contributed by atoms with Crippen LogP contribution in [0.1, 0.15) is 39.1 Å². The molecule has 1 unspecified atom stereocenters. The van der Waals surface area contributed by atoms with Gasteiger partial charge in [-0.2, -0.15) is 0 Å². The zero-order valence-electron chi connectivity index (χ0n) is 8.80. The van der Waals surface area contributed by atoms with Crippen LogP contribution in [-0.4, -0.2) is 22.2 Å². The van der Waals surface area contributed by atoms with Gasteiger partial charge in [-0.1, -0.05) is 19.1 Å². The molecule has 0 amide bonds. The molecule has 0 bridgehead atoms. The molecule has 4 nitrogen and oxygen atoms in total. The van der Waals surface area contributed by atoms with Gasteiger partial charge in [0.1, 0.15) is 0 Å². The molecule has 0 heterocycles. The van der Waals surface area contributed by atoms with Crippen molar-refractivity contribution in [1.82, 2.24) is 0 Å². The van der Waals surface area contributed by atoms with Crippen LogP contribution in [-0.2, 0) is 0 Å². The molecule has 1 atom stereocenters. The summed E-state index contributed by atoms with van der Waals surface area (Å²) in [5.74, 6) is -2.49. The third kappa shape index (κ3) is 2.28. The summed E-state index contributed by atoms with van der Waals surface area (Å²) in [7, 11) is 0. The Balaban J connectivity index is 3.33. The van der Waals surface area contributed by atoms with Crippen molar-refractivity contribution in [2.75, 3.05) is 0 Å². The first-order valence-electron chi connectivity index (χ1n) is 4.70. The minimum absolute atomic E-state index is 0.0130. The van der Waals surface area contributed by atoms with Crippen molar-refractivity contribution < 1.29 is 19.8 Å². The molecule has 16 heavy (non-hydrogen) atoms. The number of hydrogen-bond acceptors (Lipinski definition) is 2. The van der Waals surface area contributed by atoms with Crippen molar-refractivity contribution in [2.24, 2.45) is 0 Å². The second kappa shape index (κ2) is 4.61. The van der Waals surface area contributed by atoms with Gasteiger partial charge < -0.3 is 10.2 Å². The molecule has 4 heteroatoms. The van der Waals surface area contributed by atoms with E-state index in [1.807, 2.05) is 6.92 Å². The van der Waals surface area contributed by atoms with Crippen molar-refractivity contribution in [2.45, 2.75) is 12.8 Å². The van der Waals surface area contributed by atoms with E-state index in [2.05, 4.69) is 6.58 Å². The van der Waals surface area contributed by atoms with Crippen LogP contribution in [0.4, 0.5) is 0 Å². The van der Waals surface area contributed by atoms with Crippen LogP contribution >= 0.6 is 0 Å². The molecule has 0 radical (unpaired) electrons. The molecule has 0 aromatic heterocycles. The summed E-state index contributed by atoms with van der Waals surface area (Å²) in [4.78, 5) is 21.7. The van der Waals surface area contributed by atoms with Crippen LogP contribution in [0.2, 0.25) is 0 Å². The van der Waals surface area contributed by atoms with Gasteiger partial charge in [-0.3, -0.25) is 0 Å². The number of hydrogen-bond donors (Lipinski definition) is 2. The Morgan fingerprint density at radius 3 is 2.25 bits per heavy atom. The smallest absolute Gasteiger partial charge is 0.336 e. The first kappa shape index (κ1) is 12.0. The molecule has 0 aliphatic carbocycles. The molecule has 0 saturated heterocycles. The number of benzene rings is 1. The fourth-order valence-electron chi connectivity index (χ4n) is 1.34. The molecular formula is C12H12O4. The highest BCUT2D eigenvalue weighted by molar-refractivity contribution is 6.01. The van der Waals surface area contributed by atoms with Gasteiger partial charge in [-0.15, -0.1) is 6.58 Å². The molecule has 84 valence electrons. The zero-order chi connectivity index (χ0) is 12.3. The van der Waals surface area contributed by atoms with E-state index in [1.54, 1.807) is 12.1 Å². The minimum Gasteiger partial charge on any atom is -0.478 e. The van der Waals surface area contributed by atoms with E-state index in [-0.39, 0.29) is 17.0 Å². The van der Waals surface area contributed by atoms with Crippen molar-refractivity contribution in [3.8, 4) is 0 Å². The number of carboxylic acid groups (broad SMARTS) is 2. The van der Waals surface area contributed by atoms with Gasteiger partial charge in [0.05, 0.1) is 11.1 Å². The van der Waals surface area contributed by atoms with Gasteiger partial charge in [0.2, 0.25) is 0 Å². The molecular weight excluding hydrogens is 208 g/mol. The third-order valence-electron chi connectivity index (χ3n) is 2.38. The number of carboxylic acids is 2. The van der Waals surface area contributed by atoms with Gasteiger partial charge in [0.25, 0.3) is 0 Å². The summed E-state index contributed by atoms with van der Waals surface area (Å²) >= 11 is 0. The topological polar surface area (TPSA) is 74.6 Å². The SMILES string of the molecule is C=CC(C)c1ccc(C(=O)O)c(C(=O)O)c1. The summed E-state index contributed by atoms with van der Waals surface area (Å²) in [5.41, 5.74) is 0.337. The van der Waals surface area contributed by atoms with Gasteiger partial charge >= 0.3 is 11.9 Å². The van der Waals surface area contributed by atoms with E-state index in [4.69, 9.17) is 10.2 Å². The maximum absolute atomic E-state index is 10.9. The third-order valence-corrected chi connectivity index (χ3v) is 2.38. The largest absolute Gasteiger partial charge is 0.478 e. The predicted molar refractivity (Wildman–Crippen MR) is 59.0 cm³/mol. The van der Waals surface area contributed by atoms with Crippen molar-refractivity contribution in [1.29, 1.82) is 0 Å². The van der Waals surface area contributed by atoms with Crippen LogP contribution in [0.5, 0.6) is 0 Å². The van der Waals surface area contributed by atoms with E-state index in [0.717, 1.165) is 5.56 Å². The van der Waals surface area contributed by atoms with E-state index in [1.165, 1.54) is 12.1 Å². The van der Waals surface area contributed by atoms with Gasteiger partial charge in [-0.25, -0.2) is 9.59 Å². The number of allylic oxidation sites excluding steroid dienone is 1. The zero-order valence-corrected chi connectivity index (χ0v) is 8.80. The van der Waals surface area contributed by atoms with Crippen LogP contribution in [0, 0.1) is 0 Å². The molecule has 0 spiro atoms. The van der Waals surface area contributed by atoms with Gasteiger partial charge in [-0.05, 0) is 23.6 Å². The van der Waals surface area contributed by atoms with E-state index in [9.17, 15) is 9.59 Å². The minimum atomic E-state index is -1.24. The molecule has 2 N–H and O–H groups in total. The quantitative estimate of drug-likeness (QED) is 0.764. The first-order valence-corrected chi connectivity index (χ1v) is 4.70.